The zero-order valence-corrected chi connectivity index (χ0v) is 11.8. The Labute approximate surface area is 112 Å². The average molecular weight is 263 g/mol. The second-order valence-electron chi connectivity index (χ2n) is 5.27. The predicted molar refractivity (Wildman–Crippen MR) is 73.9 cm³/mol. The first-order valence-corrected chi connectivity index (χ1v) is 6.87. The van der Waals surface area contributed by atoms with Gasteiger partial charge in [-0.25, -0.2) is 0 Å². The second kappa shape index (κ2) is 8.30. The first kappa shape index (κ1) is 15.2. The van der Waals surface area contributed by atoms with E-state index in [-0.39, 0.29) is 12.4 Å². The highest BCUT2D eigenvalue weighted by atomic mass is 35.5. The van der Waals surface area contributed by atoms with Crippen LogP contribution >= 0.6 is 12.4 Å². The maximum absolute atomic E-state index is 5.67. The fourth-order valence-electron chi connectivity index (χ4n) is 2.90. The molecular formula is C13H27ClN2O. The number of piperidine rings is 1. The molecule has 2 rings (SSSR count). The second-order valence-corrected chi connectivity index (χ2v) is 5.27. The lowest BCUT2D eigenvalue weighted by Gasteiger charge is -2.32. The molecule has 2 aliphatic rings. The smallest absolute Gasteiger partial charge is 0.0588 e. The Morgan fingerprint density at radius 1 is 1.24 bits per heavy atom. The number of ether oxygens (including phenoxy) is 1. The fraction of sp³-hybridized carbons (Fsp3) is 1.00. The van der Waals surface area contributed by atoms with Gasteiger partial charge in [0.05, 0.1) is 6.10 Å². The van der Waals surface area contributed by atoms with Crippen molar-refractivity contribution in [2.24, 2.45) is 5.92 Å². The van der Waals surface area contributed by atoms with Crippen LogP contribution < -0.4 is 5.32 Å². The molecule has 1 unspecified atom stereocenters. The van der Waals surface area contributed by atoms with Crippen molar-refractivity contribution < 1.29 is 4.74 Å². The molecule has 17 heavy (non-hydrogen) atoms. The first-order valence-electron chi connectivity index (χ1n) is 6.87. The molecule has 0 amide bonds. The Morgan fingerprint density at radius 3 is 2.59 bits per heavy atom. The molecule has 0 bridgehead atoms. The van der Waals surface area contributed by atoms with Crippen molar-refractivity contribution in [2.75, 3.05) is 39.8 Å². The zero-order valence-electron chi connectivity index (χ0n) is 11.0. The summed E-state index contributed by atoms with van der Waals surface area (Å²) in [4.78, 5) is 2.62. The first-order chi connectivity index (χ1) is 7.88. The molecule has 0 aromatic heterocycles. The number of nitrogens with one attached hydrogen (secondary N) is 1. The van der Waals surface area contributed by atoms with Crippen molar-refractivity contribution >= 4 is 12.4 Å². The number of rotatable bonds is 5. The largest absolute Gasteiger partial charge is 0.378 e. The molecule has 0 radical (unpaired) electrons. The summed E-state index contributed by atoms with van der Waals surface area (Å²) >= 11 is 0. The van der Waals surface area contributed by atoms with Crippen LogP contribution in [0.1, 0.15) is 32.1 Å². The van der Waals surface area contributed by atoms with Gasteiger partial charge in [0.25, 0.3) is 0 Å². The van der Waals surface area contributed by atoms with Crippen LogP contribution in [0.25, 0.3) is 0 Å². The van der Waals surface area contributed by atoms with Crippen molar-refractivity contribution in [1.82, 2.24) is 10.2 Å². The van der Waals surface area contributed by atoms with Crippen LogP contribution in [0, 0.1) is 5.92 Å². The Balaban J connectivity index is 0.00000144. The van der Waals surface area contributed by atoms with E-state index >= 15 is 0 Å². The van der Waals surface area contributed by atoms with Crippen molar-refractivity contribution in [3.05, 3.63) is 0 Å². The Morgan fingerprint density at radius 2 is 2.00 bits per heavy atom. The molecule has 0 aromatic rings. The summed E-state index contributed by atoms with van der Waals surface area (Å²) in [5.74, 6) is 0.906. The van der Waals surface area contributed by atoms with E-state index < -0.39 is 0 Å². The molecule has 0 aromatic carbocycles. The number of halogens is 1. The molecule has 102 valence electrons. The van der Waals surface area contributed by atoms with Crippen LogP contribution in [0.3, 0.4) is 0 Å². The van der Waals surface area contributed by atoms with Gasteiger partial charge < -0.3 is 15.0 Å². The zero-order chi connectivity index (χ0) is 11.2. The van der Waals surface area contributed by atoms with E-state index in [1.54, 1.807) is 0 Å². The molecule has 1 atom stereocenters. The van der Waals surface area contributed by atoms with Gasteiger partial charge in [-0.2, -0.15) is 0 Å². The quantitative estimate of drug-likeness (QED) is 0.819. The summed E-state index contributed by atoms with van der Waals surface area (Å²) in [7, 11) is 2.06. The topological polar surface area (TPSA) is 24.5 Å². The summed E-state index contributed by atoms with van der Waals surface area (Å²) in [5, 5.41) is 3.29. The lowest BCUT2D eigenvalue weighted by Crippen LogP contribution is -2.38. The lowest BCUT2D eigenvalue weighted by molar-refractivity contribution is 0.0851. The third kappa shape index (κ3) is 5.12. The SMILES string of the molecule is CNCC1CCN(CCC2CCCO2)CC1.Cl. The van der Waals surface area contributed by atoms with Gasteiger partial charge in [0.1, 0.15) is 0 Å². The van der Waals surface area contributed by atoms with E-state index in [4.69, 9.17) is 4.74 Å². The summed E-state index contributed by atoms with van der Waals surface area (Å²) in [6.45, 7) is 6.02. The van der Waals surface area contributed by atoms with Gasteiger partial charge in [-0.15, -0.1) is 12.4 Å². The standard InChI is InChI=1S/C13H26N2O.ClH/c1-14-11-12-4-7-15(8-5-12)9-6-13-3-2-10-16-13;/h12-14H,2-11H2,1H3;1H. The van der Waals surface area contributed by atoms with Crippen molar-refractivity contribution in [2.45, 2.75) is 38.2 Å². The molecule has 2 aliphatic heterocycles. The average Bonchev–Trinajstić information content (AvgIpc) is 2.82. The maximum atomic E-state index is 5.67. The number of nitrogens with zero attached hydrogens (tertiary/aromatic N) is 1. The van der Waals surface area contributed by atoms with Crippen molar-refractivity contribution in [3.63, 3.8) is 0 Å². The Hall–Kier alpha value is 0.170. The van der Waals surface area contributed by atoms with Crippen LogP contribution in [0.5, 0.6) is 0 Å². The minimum Gasteiger partial charge on any atom is -0.378 e. The van der Waals surface area contributed by atoms with E-state index in [0.29, 0.717) is 6.10 Å². The van der Waals surface area contributed by atoms with Crippen LogP contribution in [0.4, 0.5) is 0 Å². The fourth-order valence-corrected chi connectivity index (χ4v) is 2.90. The Kier molecular flexibility index (Phi) is 7.44. The van der Waals surface area contributed by atoms with Crippen molar-refractivity contribution in [3.8, 4) is 0 Å². The highest BCUT2D eigenvalue weighted by Crippen LogP contribution is 2.19. The van der Waals surface area contributed by atoms with Crippen LogP contribution in [0.15, 0.2) is 0 Å². The van der Waals surface area contributed by atoms with Gasteiger partial charge in [0.15, 0.2) is 0 Å². The van der Waals surface area contributed by atoms with Gasteiger partial charge in [0.2, 0.25) is 0 Å². The normalized spacial score (nSPS) is 27.0. The molecule has 3 nitrogen and oxygen atoms in total. The molecule has 0 aliphatic carbocycles. The van der Waals surface area contributed by atoms with Crippen molar-refractivity contribution in [1.29, 1.82) is 0 Å². The van der Waals surface area contributed by atoms with Gasteiger partial charge in [-0.1, -0.05) is 0 Å². The summed E-state index contributed by atoms with van der Waals surface area (Å²) in [6, 6.07) is 0. The van der Waals surface area contributed by atoms with Crippen LogP contribution in [-0.2, 0) is 4.74 Å². The molecule has 2 heterocycles. The molecule has 2 fully saturated rings. The minimum absolute atomic E-state index is 0. The molecule has 2 saturated heterocycles. The van der Waals surface area contributed by atoms with E-state index in [1.165, 1.54) is 58.3 Å². The van der Waals surface area contributed by atoms with Crippen LogP contribution in [-0.4, -0.2) is 50.8 Å². The lowest BCUT2D eigenvalue weighted by atomic mass is 9.96. The molecule has 0 saturated carbocycles. The third-order valence-electron chi connectivity index (χ3n) is 3.99. The third-order valence-corrected chi connectivity index (χ3v) is 3.99. The van der Waals surface area contributed by atoms with E-state index in [9.17, 15) is 0 Å². The van der Waals surface area contributed by atoms with Crippen LogP contribution in [0.2, 0.25) is 0 Å². The molecule has 0 spiro atoms. The van der Waals surface area contributed by atoms with E-state index in [0.717, 1.165) is 12.5 Å². The monoisotopic (exact) mass is 262 g/mol. The molecular weight excluding hydrogens is 236 g/mol. The summed E-state index contributed by atoms with van der Waals surface area (Å²) < 4.78 is 5.67. The van der Waals surface area contributed by atoms with Gasteiger partial charge in [-0.05, 0) is 64.7 Å². The maximum Gasteiger partial charge on any atom is 0.0588 e. The van der Waals surface area contributed by atoms with E-state index in [1.807, 2.05) is 0 Å². The molecule has 4 heteroatoms. The minimum atomic E-state index is 0. The predicted octanol–water partition coefficient (Wildman–Crippen LogP) is 1.91. The van der Waals surface area contributed by atoms with Gasteiger partial charge >= 0.3 is 0 Å². The van der Waals surface area contributed by atoms with Gasteiger partial charge in [0, 0.05) is 13.2 Å². The van der Waals surface area contributed by atoms with E-state index in [2.05, 4.69) is 17.3 Å². The number of likely N-dealkylation sites (tertiary alicyclic amines) is 1. The summed E-state index contributed by atoms with van der Waals surface area (Å²) in [6.07, 6.45) is 7.11. The number of hydrogen-bond acceptors (Lipinski definition) is 3. The molecule has 1 N–H and O–H groups in total. The van der Waals surface area contributed by atoms with Gasteiger partial charge in [-0.3, -0.25) is 0 Å². The highest BCUT2D eigenvalue weighted by Gasteiger charge is 2.20. The Bertz CT molecular complexity index is 190. The summed E-state index contributed by atoms with van der Waals surface area (Å²) in [5.41, 5.74) is 0. The number of hydrogen-bond donors (Lipinski definition) is 1. The highest BCUT2D eigenvalue weighted by molar-refractivity contribution is 5.85.